The molecule has 1 aliphatic rings. The maximum Gasteiger partial charge on any atom is 0.325 e. The summed E-state index contributed by atoms with van der Waals surface area (Å²) in [6.07, 6.45) is 0. The molecule has 2 aromatic carbocycles. The van der Waals surface area contributed by atoms with Crippen LogP contribution in [-0.4, -0.2) is 29.3 Å². The van der Waals surface area contributed by atoms with Crippen LogP contribution in [0, 0.1) is 5.82 Å². The SMILES string of the molecule is C[C@]1(c2ccccc2)NC(=O)N(CC(=O)Nc2ccc(F)c(Cl)c2)C1=O. The molecule has 26 heavy (non-hydrogen) atoms. The third-order valence-electron chi connectivity index (χ3n) is 4.13. The van der Waals surface area contributed by atoms with Crippen molar-refractivity contribution in [3.63, 3.8) is 0 Å². The molecule has 2 N–H and O–H groups in total. The molecule has 1 heterocycles. The molecule has 2 aromatic rings. The number of hydrogen-bond donors (Lipinski definition) is 2. The fourth-order valence-corrected chi connectivity index (χ4v) is 2.91. The average molecular weight is 376 g/mol. The van der Waals surface area contributed by atoms with Crippen LogP contribution in [0.25, 0.3) is 0 Å². The normalized spacial score (nSPS) is 19.4. The van der Waals surface area contributed by atoms with Crippen LogP contribution >= 0.6 is 11.6 Å². The number of imide groups is 1. The third kappa shape index (κ3) is 3.25. The summed E-state index contributed by atoms with van der Waals surface area (Å²) in [4.78, 5) is 37.9. The number of hydrogen-bond acceptors (Lipinski definition) is 3. The number of nitrogens with zero attached hydrogens (tertiary/aromatic N) is 1. The van der Waals surface area contributed by atoms with E-state index in [9.17, 15) is 18.8 Å². The van der Waals surface area contributed by atoms with E-state index in [1.165, 1.54) is 12.1 Å². The van der Waals surface area contributed by atoms with Gasteiger partial charge in [-0.05, 0) is 30.7 Å². The van der Waals surface area contributed by atoms with E-state index in [2.05, 4.69) is 10.6 Å². The van der Waals surface area contributed by atoms with E-state index >= 15 is 0 Å². The van der Waals surface area contributed by atoms with Crippen LogP contribution in [0.3, 0.4) is 0 Å². The highest BCUT2D eigenvalue weighted by molar-refractivity contribution is 6.31. The van der Waals surface area contributed by atoms with Crippen molar-refractivity contribution in [1.29, 1.82) is 0 Å². The zero-order valence-corrected chi connectivity index (χ0v) is 14.5. The molecule has 134 valence electrons. The Labute approximate surface area is 153 Å². The Kier molecular flexibility index (Phi) is 4.65. The molecule has 0 saturated carbocycles. The van der Waals surface area contributed by atoms with Crippen LogP contribution < -0.4 is 10.6 Å². The number of nitrogens with one attached hydrogen (secondary N) is 2. The second kappa shape index (κ2) is 6.76. The predicted molar refractivity (Wildman–Crippen MR) is 94.1 cm³/mol. The lowest BCUT2D eigenvalue weighted by molar-refractivity contribution is -0.133. The molecule has 3 rings (SSSR count). The molecule has 8 heteroatoms. The Hall–Kier alpha value is -2.93. The highest BCUT2D eigenvalue weighted by Crippen LogP contribution is 2.28. The molecule has 0 radical (unpaired) electrons. The van der Waals surface area contributed by atoms with Crippen molar-refractivity contribution in [3.8, 4) is 0 Å². The molecule has 0 spiro atoms. The van der Waals surface area contributed by atoms with E-state index < -0.39 is 35.7 Å². The minimum absolute atomic E-state index is 0.144. The van der Waals surface area contributed by atoms with Gasteiger partial charge < -0.3 is 10.6 Å². The Balaban J connectivity index is 1.73. The van der Waals surface area contributed by atoms with Gasteiger partial charge in [-0.15, -0.1) is 0 Å². The van der Waals surface area contributed by atoms with Crippen molar-refractivity contribution >= 4 is 35.1 Å². The molecule has 0 unspecified atom stereocenters. The van der Waals surface area contributed by atoms with Gasteiger partial charge in [0.1, 0.15) is 17.9 Å². The zero-order valence-electron chi connectivity index (χ0n) is 13.8. The van der Waals surface area contributed by atoms with Gasteiger partial charge in [0, 0.05) is 5.69 Å². The lowest BCUT2D eigenvalue weighted by Gasteiger charge is -2.22. The summed E-state index contributed by atoms with van der Waals surface area (Å²) in [5.41, 5.74) is -0.358. The van der Waals surface area contributed by atoms with E-state index in [0.717, 1.165) is 11.0 Å². The molecule has 6 nitrogen and oxygen atoms in total. The van der Waals surface area contributed by atoms with Gasteiger partial charge in [0.15, 0.2) is 0 Å². The second-order valence-corrected chi connectivity index (χ2v) is 6.40. The van der Waals surface area contributed by atoms with Gasteiger partial charge in [0.2, 0.25) is 5.91 Å². The van der Waals surface area contributed by atoms with Crippen molar-refractivity contribution in [2.45, 2.75) is 12.5 Å². The lowest BCUT2D eigenvalue weighted by Crippen LogP contribution is -2.42. The van der Waals surface area contributed by atoms with Crippen LogP contribution in [0.5, 0.6) is 0 Å². The van der Waals surface area contributed by atoms with Crippen molar-refractivity contribution in [2.24, 2.45) is 0 Å². The summed E-state index contributed by atoms with van der Waals surface area (Å²) < 4.78 is 13.2. The fourth-order valence-electron chi connectivity index (χ4n) is 2.73. The minimum Gasteiger partial charge on any atom is -0.324 e. The van der Waals surface area contributed by atoms with Crippen LogP contribution in [0.2, 0.25) is 5.02 Å². The highest BCUT2D eigenvalue weighted by Gasteiger charge is 2.49. The number of carbonyl (C=O) groups is 3. The van der Waals surface area contributed by atoms with E-state index in [4.69, 9.17) is 11.6 Å². The summed E-state index contributed by atoms with van der Waals surface area (Å²) >= 11 is 5.66. The molecule has 1 saturated heterocycles. The molecule has 0 aromatic heterocycles. The largest absolute Gasteiger partial charge is 0.325 e. The first-order valence-corrected chi connectivity index (χ1v) is 8.13. The third-order valence-corrected chi connectivity index (χ3v) is 4.42. The summed E-state index contributed by atoms with van der Waals surface area (Å²) in [5, 5.41) is 4.96. The number of urea groups is 1. The minimum atomic E-state index is -1.24. The topological polar surface area (TPSA) is 78.5 Å². The number of benzene rings is 2. The van der Waals surface area contributed by atoms with Crippen molar-refractivity contribution in [3.05, 3.63) is 64.9 Å². The Bertz CT molecular complexity index is 891. The number of rotatable bonds is 4. The number of halogens is 2. The van der Waals surface area contributed by atoms with Gasteiger partial charge in [-0.2, -0.15) is 0 Å². The molecular weight excluding hydrogens is 361 g/mol. The van der Waals surface area contributed by atoms with Crippen LogP contribution in [-0.2, 0) is 15.1 Å². The summed E-state index contributed by atoms with van der Waals surface area (Å²) in [5.74, 6) is -1.74. The second-order valence-electron chi connectivity index (χ2n) is 5.99. The number of carbonyl (C=O) groups excluding carboxylic acids is 3. The first-order chi connectivity index (χ1) is 12.3. The average Bonchev–Trinajstić information content (AvgIpc) is 2.83. The molecular formula is C18H15ClFN3O3. The van der Waals surface area contributed by atoms with E-state index in [1.807, 2.05) is 0 Å². The van der Waals surface area contributed by atoms with Crippen LogP contribution in [0.4, 0.5) is 14.9 Å². The lowest BCUT2D eigenvalue weighted by atomic mass is 9.92. The quantitative estimate of drug-likeness (QED) is 0.806. The molecule has 1 aliphatic heterocycles. The maximum absolute atomic E-state index is 13.2. The Morgan fingerprint density at radius 3 is 2.58 bits per heavy atom. The summed E-state index contributed by atoms with van der Waals surface area (Å²) in [6, 6.07) is 11.8. The van der Waals surface area contributed by atoms with E-state index in [-0.39, 0.29) is 10.7 Å². The van der Waals surface area contributed by atoms with Crippen LogP contribution in [0.15, 0.2) is 48.5 Å². The molecule has 0 aliphatic carbocycles. The smallest absolute Gasteiger partial charge is 0.324 e. The van der Waals surface area contributed by atoms with Gasteiger partial charge in [-0.3, -0.25) is 14.5 Å². The van der Waals surface area contributed by atoms with Gasteiger partial charge in [0.25, 0.3) is 5.91 Å². The molecule has 1 fully saturated rings. The van der Waals surface area contributed by atoms with Gasteiger partial charge in [-0.25, -0.2) is 9.18 Å². The first-order valence-electron chi connectivity index (χ1n) is 7.76. The molecule has 1 atom stereocenters. The van der Waals surface area contributed by atoms with Gasteiger partial charge in [-0.1, -0.05) is 41.9 Å². The predicted octanol–water partition coefficient (Wildman–Crippen LogP) is 2.88. The Morgan fingerprint density at radius 1 is 1.23 bits per heavy atom. The fraction of sp³-hybridized carbons (Fsp3) is 0.167. The van der Waals surface area contributed by atoms with Crippen molar-refractivity contribution in [1.82, 2.24) is 10.2 Å². The zero-order chi connectivity index (χ0) is 18.9. The van der Waals surface area contributed by atoms with Crippen molar-refractivity contribution in [2.75, 3.05) is 11.9 Å². The molecule has 4 amide bonds. The standard InChI is InChI=1S/C18H15ClFN3O3/c1-18(11-5-3-2-4-6-11)16(25)23(17(26)22-18)10-15(24)21-12-7-8-14(20)13(19)9-12/h2-9H,10H2,1H3,(H,21,24)(H,22,26)/t18-/m1/s1. The van der Waals surface area contributed by atoms with Gasteiger partial charge >= 0.3 is 6.03 Å². The van der Waals surface area contributed by atoms with Crippen LogP contribution in [0.1, 0.15) is 12.5 Å². The highest BCUT2D eigenvalue weighted by atomic mass is 35.5. The number of anilines is 1. The first kappa shape index (κ1) is 17.9. The number of amides is 4. The Morgan fingerprint density at radius 2 is 1.92 bits per heavy atom. The summed E-state index contributed by atoms with van der Waals surface area (Å²) in [7, 11) is 0. The maximum atomic E-state index is 13.2. The molecule has 0 bridgehead atoms. The van der Waals surface area contributed by atoms with Crippen molar-refractivity contribution < 1.29 is 18.8 Å². The monoisotopic (exact) mass is 375 g/mol. The van der Waals surface area contributed by atoms with Gasteiger partial charge in [0.05, 0.1) is 5.02 Å². The summed E-state index contributed by atoms with van der Waals surface area (Å²) in [6.45, 7) is 1.11. The van der Waals surface area contributed by atoms with E-state index in [1.54, 1.807) is 37.3 Å². The van der Waals surface area contributed by atoms with E-state index in [0.29, 0.717) is 5.56 Å².